The topological polar surface area (TPSA) is 84.9 Å². The lowest BCUT2D eigenvalue weighted by Gasteiger charge is -2.15. The van der Waals surface area contributed by atoms with Gasteiger partial charge in [-0.15, -0.1) is 0 Å². The zero-order valence-electron chi connectivity index (χ0n) is 19.8. The van der Waals surface area contributed by atoms with Gasteiger partial charge in [0.05, 0.1) is 13.0 Å². The smallest absolute Gasteiger partial charge is 0.329 e. The van der Waals surface area contributed by atoms with Gasteiger partial charge in [0.2, 0.25) is 0 Å². The average molecular weight is 465 g/mol. The molecule has 0 aromatic heterocycles. The lowest BCUT2D eigenvalue weighted by molar-refractivity contribution is -0.145. The van der Waals surface area contributed by atoms with Crippen molar-refractivity contribution < 1.29 is 23.9 Å². The van der Waals surface area contributed by atoms with Crippen LogP contribution in [0, 0.1) is 5.92 Å². The Labute approximate surface area is 200 Å². The van der Waals surface area contributed by atoms with E-state index in [-0.39, 0.29) is 18.7 Å². The molecule has 1 fully saturated rings. The van der Waals surface area contributed by atoms with Gasteiger partial charge in [-0.1, -0.05) is 63.4 Å². The number of benzene rings is 2. The first-order chi connectivity index (χ1) is 16.5. The minimum atomic E-state index is -0.539. The number of unbranched alkanes of at least 4 members (excludes halogenated alkanes) is 1. The highest BCUT2D eigenvalue weighted by molar-refractivity contribution is 6.14. The molecule has 3 amide bonds. The number of para-hydroxylation sites is 1. The van der Waals surface area contributed by atoms with Crippen molar-refractivity contribution in [3.63, 3.8) is 0 Å². The van der Waals surface area contributed by atoms with Crippen molar-refractivity contribution in [2.24, 2.45) is 5.92 Å². The van der Waals surface area contributed by atoms with Gasteiger partial charge in [0.25, 0.3) is 5.91 Å². The largest absolute Gasteiger partial charge is 0.465 e. The monoisotopic (exact) mass is 464 g/mol. The van der Waals surface area contributed by atoms with Crippen molar-refractivity contribution in [1.29, 1.82) is 0 Å². The molecule has 0 aliphatic carbocycles. The molecule has 0 spiro atoms. The maximum atomic E-state index is 12.7. The molecule has 0 bridgehead atoms. The molecule has 1 aliphatic rings. The van der Waals surface area contributed by atoms with Gasteiger partial charge in [-0.25, -0.2) is 4.79 Å². The molecule has 1 saturated heterocycles. The molecule has 1 atom stereocenters. The van der Waals surface area contributed by atoms with Gasteiger partial charge in [0.1, 0.15) is 17.2 Å². The summed E-state index contributed by atoms with van der Waals surface area (Å²) in [6.45, 7) is 4.58. The third-order valence-corrected chi connectivity index (χ3v) is 5.70. The second kappa shape index (κ2) is 12.6. The van der Waals surface area contributed by atoms with E-state index < -0.39 is 17.9 Å². The van der Waals surface area contributed by atoms with Crippen molar-refractivity contribution in [2.45, 2.75) is 46.0 Å². The highest BCUT2D eigenvalue weighted by Gasteiger charge is 2.33. The van der Waals surface area contributed by atoms with E-state index in [1.807, 2.05) is 30.3 Å². The molecule has 180 valence electrons. The number of rotatable bonds is 12. The minimum absolute atomic E-state index is 0.0174. The molecule has 0 saturated carbocycles. The van der Waals surface area contributed by atoms with Crippen molar-refractivity contribution in [2.75, 3.05) is 13.2 Å². The Hall–Kier alpha value is -3.61. The van der Waals surface area contributed by atoms with Gasteiger partial charge in [-0.3, -0.25) is 14.5 Å². The summed E-state index contributed by atoms with van der Waals surface area (Å²) in [5, 5.41) is 2.58. The van der Waals surface area contributed by atoms with Crippen LogP contribution in [0.1, 0.15) is 51.5 Å². The third kappa shape index (κ3) is 7.20. The average Bonchev–Trinajstić information content (AvgIpc) is 3.11. The van der Waals surface area contributed by atoms with E-state index >= 15 is 0 Å². The van der Waals surface area contributed by atoms with Crippen LogP contribution in [-0.4, -0.2) is 36.0 Å². The first-order valence-electron chi connectivity index (χ1n) is 11.8. The number of ether oxygens (including phenoxy) is 2. The number of nitrogens with one attached hydrogen (secondary N) is 1. The Balaban J connectivity index is 1.51. The summed E-state index contributed by atoms with van der Waals surface area (Å²) >= 11 is 0. The molecule has 7 heteroatoms. The van der Waals surface area contributed by atoms with Gasteiger partial charge in [0, 0.05) is 6.54 Å². The van der Waals surface area contributed by atoms with Crippen LogP contribution in [0.5, 0.6) is 11.5 Å². The molecule has 34 heavy (non-hydrogen) atoms. The second-order valence-electron chi connectivity index (χ2n) is 8.28. The van der Waals surface area contributed by atoms with Gasteiger partial charge < -0.3 is 14.8 Å². The number of hydrogen-bond acceptors (Lipinski definition) is 5. The maximum absolute atomic E-state index is 12.7. The number of amides is 3. The van der Waals surface area contributed by atoms with Gasteiger partial charge in [-0.2, -0.15) is 0 Å². The molecule has 3 rings (SSSR count). The van der Waals surface area contributed by atoms with Crippen LogP contribution in [0.4, 0.5) is 4.79 Å². The SMILES string of the molecule is CCCCC(CC)COC(=O)CCN1C(=O)NC(=Cc2ccc(Oc3ccccc3)cc2)C1=O. The predicted octanol–water partition coefficient (Wildman–Crippen LogP) is 5.52. The minimum Gasteiger partial charge on any atom is -0.465 e. The summed E-state index contributed by atoms with van der Waals surface area (Å²) in [7, 11) is 0. The summed E-state index contributed by atoms with van der Waals surface area (Å²) in [4.78, 5) is 38.1. The first kappa shape index (κ1) is 25.0. The van der Waals surface area contributed by atoms with Gasteiger partial charge in [-0.05, 0) is 48.2 Å². The predicted molar refractivity (Wildman–Crippen MR) is 130 cm³/mol. The third-order valence-electron chi connectivity index (χ3n) is 5.70. The fourth-order valence-corrected chi connectivity index (χ4v) is 3.58. The Morgan fingerprint density at radius 2 is 1.74 bits per heavy atom. The van der Waals surface area contributed by atoms with Gasteiger partial charge >= 0.3 is 12.0 Å². The van der Waals surface area contributed by atoms with Crippen molar-refractivity contribution in [3.8, 4) is 11.5 Å². The standard InChI is InChI=1S/C27H32N2O5/c1-3-5-9-20(4-2)19-33-25(30)16-17-29-26(31)24(28-27(29)32)18-21-12-14-23(15-13-21)34-22-10-7-6-8-11-22/h6-8,10-15,18,20H,3-5,9,16-17,19H2,1-2H3,(H,28,32). The summed E-state index contributed by atoms with van der Waals surface area (Å²) in [5.41, 5.74) is 0.906. The van der Waals surface area contributed by atoms with Crippen LogP contribution >= 0.6 is 0 Å². The Morgan fingerprint density at radius 3 is 2.41 bits per heavy atom. The quantitative estimate of drug-likeness (QED) is 0.254. The van der Waals surface area contributed by atoms with E-state index in [1.54, 1.807) is 30.3 Å². The van der Waals surface area contributed by atoms with Crippen molar-refractivity contribution >= 4 is 24.0 Å². The summed E-state index contributed by atoms with van der Waals surface area (Å²) in [6, 6.07) is 16.1. The fraction of sp³-hybridized carbons (Fsp3) is 0.370. The lowest BCUT2D eigenvalue weighted by atomic mass is 10.0. The highest BCUT2D eigenvalue weighted by atomic mass is 16.5. The number of carbonyl (C=O) groups excluding carboxylic acids is 3. The number of hydrogen-bond donors (Lipinski definition) is 1. The number of esters is 1. The number of carbonyl (C=O) groups is 3. The zero-order chi connectivity index (χ0) is 24.3. The summed E-state index contributed by atoms with van der Waals surface area (Å²) < 4.78 is 11.1. The Morgan fingerprint density at radius 1 is 1.03 bits per heavy atom. The van der Waals surface area contributed by atoms with Crippen LogP contribution in [0.15, 0.2) is 60.3 Å². The van der Waals surface area contributed by atoms with E-state index in [0.717, 1.165) is 41.9 Å². The maximum Gasteiger partial charge on any atom is 0.329 e. The molecular formula is C27H32N2O5. The van der Waals surface area contributed by atoms with E-state index in [2.05, 4.69) is 19.2 Å². The molecular weight excluding hydrogens is 432 g/mol. The van der Waals surface area contributed by atoms with Crippen LogP contribution in [0.25, 0.3) is 6.08 Å². The number of imide groups is 1. The highest BCUT2D eigenvalue weighted by Crippen LogP contribution is 2.22. The molecule has 1 heterocycles. The molecule has 1 aliphatic heterocycles. The van der Waals surface area contributed by atoms with E-state index in [0.29, 0.717) is 18.3 Å². The molecule has 2 aromatic carbocycles. The van der Waals surface area contributed by atoms with Crippen LogP contribution in [-0.2, 0) is 14.3 Å². The number of urea groups is 1. The first-order valence-corrected chi connectivity index (χ1v) is 11.8. The summed E-state index contributed by atoms with van der Waals surface area (Å²) in [5.74, 6) is 0.876. The fourth-order valence-electron chi connectivity index (χ4n) is 3.58. The van der Waals surface area contributed by atoms with Crippen molar-refractivity contribution in [1.82, 2.24) is 10.2 Å². The van der Waals surface area contributed by atoms with E-state index in [9.17, 15) is 14.4 Å². The molecule has 0 radical (unpaired) electrons. The molecule has 2 aromatic rings. The lowest BCUT2D eigenvalue weighted by Crippen LogP contribution is -2.33. The Kier molecular flexibility index (Phi) is 9.26. The van der Waals surface area contributed by atoms with Crippen LogP contribution in [0.3, 0.4) is 0 Å². The van der Waals surface area contributed by atoms with Gasteiger partial charge in [0.15, 0.2) is 0 Å². The van der Waals surface area contributed by atoms with Crippen LogP contribution < -0.4 is 10.1 Å². The van der Waals surface area contributed by atoms with E-state index in [1.165, 1.54) is 0 Å². The number of nitrogens with zero attached hydrogens (tertiary/aromatic N) is 1. The molecule has 1 unspecified atom stereocenters. The molecule has 1 N–H and O–H groups in total. The zero-order valence-corrected chi connectivity index (χ0v) is 19.8. The molecule has 7 nitrogen and oxygen atoms in total. The summed E-state index contributed by atoms with van der Waals surface area (Å²) in [6.07, 6.45) is 5.77. The Bertz CT molecular complexity index is 1000. The second-order valence-corrected chi connectivity index (χ2v) is 8.28. The van der Waals surface area contributed by atoms with Crippen LogP contribution in [0.2, 0.25) is 0 Å². The normalized spacial score (nSPS) is 15.4. The van der Waals surface area contributed by atoms with Crippen molar-refractivity contribution in [3.05, 3.63) is 65.9 Å². The van der Waals surface area contributed by atoms with E-state index in [4.69, 9.17) is 9.47 Å².